The van der Waals surface area contributed by atoms with Gasteiger partial charge in [-0.25, -0.2) is 4.98 Å². The van der Waals surface area contributed by atoms with Crippen LogP contribution in [0.1, 0.15) is 5.56 Å². The summed E-state index contributed by atoms with van der Waals surface area (Å²) in [6.45, 7) is 0.348. The van der Waals surface area contributed by atoms with Gasteiger partial charge in [0.05, 0.1) is 0 Å². The van der Waals surface area contributed by atoms with Gasteiger partial charge in [0.15, 0.2) is 0 Å². The number of hydrogen-bond acceptors (Lipinski definition) is 4. The molecule has 8 heteroatoms. The number of nitrogens with one attached hydrogen (secondary N) is 2. The number of pyridine rings is 1. The predicted molar refractivity (Wildman–Crippen MR) is 69.2 cm³/mol. The van der Waals surface area contributed by atoms with Crippen LogP contribution in [0.2, 0.25) is 5.15 Å². The minimum Gasteiger partial charge on any atom is -0.375 e. The molecule has 110 valence electrons. The van der Waals surface area contributed by atoms with Crippen LogP contribution in [0, 0.1) is 0 Å². The van der Waals surface area contributed by atoms with E-state index in [-0.39, 0.29) is 5.82 Å². The van der Waals surface area contributed by atoms with Crippen molar-refractivity contribution in [2.75, 3.05) is 13.6 Å². The third kappa shape index (κ3) is 5.48. The number of carbonyl (C=O) groups is 1. The van der Waals surface area contributed by atoms with E-state index in [9.17, 15) is 18.0 Å². The second-order valence-electron chi connectivity index (χ2n) is 3.84. The van der Waals surface area contributed by atoms with Gasteiger partial charge in [-0.05, 0) is 18.1 Å². The molecule has 1 heterocycles. The first-order chi connectivity index (χ1) is 9.32. The van der Waals surface area contributed by atoms with Gasteiger partial charge >= 0.3 is 6.18 Å². The van der Waals surface area contributed by atoms with Gasteiger partial charge in [0.2, 0.25) is 0 Å². The summed E-state index contributed by atoms with van der Waals surface area (Å²) in [5, 5.41) is 5.57. The van der Waals surface area contributed by atoms with Gasteiger partial charge in [0.25, 0.3) is 5.78 Å². The molecule has 0 bridgehead atoms. The van der Waals surface area contributed by atoms with Crippen molar-refractivity contribution in [3.63, 3.8) is 0 Å². The number of aromatic nitrogens is 1. The highest BCUT2D eigenvalue weighted by Crippen LogP contribution is 2.16. The molecule has 1 aromatic heterocycles. The van der Waals surface area contributed by atoms with Crippen LogP contribution in [-0.4, -0.2) is 30.5 Å². The molecule has 0 saturated carbocycles. The summed E-state index contributed by atoms with van der Waals surface area (Å²) in [4.78, 5) is 14.7. The smallest absolute Gasteiger partial charge is 0.375 e. The van der Waals surface area contributed by atoms with Crippen LogP contribution in [0.3, 0.4) is 0 Å². The molecule has 2 N–H and O–H groups in total. The zero-order chi connectivity index (χ0) is 15.2. The summed E-state index contributed by atoms with van der Waals surface area (Å²) in [5.74, 6) is -1.91. The molecule has 1 aromatic rings. The van der Waals surface area contributed by atoms with Crippen LogP contribution in [0.5, 0.6) is 0 Å². The Hall–Kier alpha value is -1.76. The van der Waals surface area contributed by atoms with E-state index < -0.39 is 12.0 Å². The Kier molecular flexibility index (Phi) is 5.82. The number of halogens is 4. The lowest BCUT2D eigenvalue weighted by Gasteiger charge is -2.11. The lowest BCUT2D eigenvalue weighted by Crippen LogP contribution is -2.29. The summed E-state index contributed by atoms with van der Waals surface area (Å²) < 4.78 is 36.3. The molecular weight excluding hydrogens is 295 g/mol. The molecule has 0 aliphatic carbocycles. The maximum Gasteiger partial charge on any atom is 0.454 e. The molecule has 20 heavy (non-hydrogen) atoms. The lowest BCUT2D eigenvalue weighted by molar-refractivity contribution is -0.165. The van der Waals surface area contributed by atoms with E-state index in [0.717, 1.165) is 5.56 Å². The van der Waals surface area contributed by atoms with Crippen LogP contribution in [0.15, 0.2) is 30.2 Å². The Morgan fingerprint density at radius 3 is 2.65 bits per heavy atom. The summed E-state index contributed by atoms with van der Waals surface area (Å²) >= 11 is 5.63. The molecule has 0 amide bonds. The maximum absolute atomic E-state index is 12.1. The van der Waals surface area contributed by atoms with Crippen molar-refractivity contribution in [2.24, 2.45) is 0 Å². The second kappa shape index (κ2) is 7.14. The fraction of sp³-hybridized carbons (Fsp3) is 0.333. The van der Waals surface area contributed by atoms with Gasteiger partial charge in [-0.1, -0.05) is 17.7 Å². The minimum absolute atomic E-state index is 0.00856. The maximum atomic E-state index is 12.1. The van der Waals surface area contributed by atoms with Gasteiger partial charge in [0, 0.05) is 25.9 Å². The van der Waals surface area contributed by atoms with Crippen LogP contribution in [-0.2, 0) is 11.2 Å². The van der Waals surface area contributed by atoms with Crippen molar-refractivity contribution < 1.29 is 18.0 Å². The third-order valence-corrected chi connectivity index (χ3v) is 2.57. The first kappa shape index (κ1) is 16.3. The Morgan fingerprint density at radius 2 is 2.15 bits per heavy atom. The Morgan fingerprint density at radius 1 is 1.45 bits per heavy atom. The average Bonchev–Trinajstić information content (AvgIpc) is 2.38. The van der Waals surface area contributed by atoms with Crippen LogP contribution >= 0.6 is 11.6 Å². The second-order valence-corrected chi connectivity index (χ2v) is 4.22. The number of rotatable bonds is 6. The standard InChI is InChI=1S/C12H13ClF3N3O/c1-17-11(6-9(20)12(14,15)16)18-5-4-8-2-3-10(13)19-7-8/h2-3,6-7,17-18H,4-5H2,1H3/b11-6+. The highest BCUT2D eigenvalue weighted by Gasteiger charge is 2.36. The van der Waals surface area contributed by atoms with Gasteiger partial charge in [-0.3, -0.25) is 4.79 Å². The number of hydrogen-bond donors (Lipinski definition) is 2. The summed E-state index contributed by atoms with van der Waals surface area (Å²) in [6, 6.07) is 3.39. The van der Waals surface area contributed by atoms with Crippen molar-refractivity contribution in [3.05, 3.63) is 40.9 Å². The van der Waals surface area contributed by atoms with E-state index in [0.29, 0.717) is 24.2 Å². The average molecular weight is 308 g/mol. The number of ketones is 1. The molecule has 0 atom stereocenters. The van der Waals surface area contributed by atoms with Crippen LogP contribution in [0.4, 0.5) is 13.2 Å². The Labute approximate surface area is 119 Å². The minimum atomic E-state index is -4.87. The van der Waals surface area contributed by atoms with Crippen molar-refractivity contribution >= 4 is 17.4 Å². The summed E-state index contributed by atoms with van der Waals surface area (Å²) in [6.07, 6.45) is -2.28. The molecule has 0 aromatic carbocycles. The van der Waals surface area contributed by atoms with Crippen LogP contribution < -0.4 is 10.6 Å². The fourth-order valence-corrected chi connectivity index (χ4v) is 1.43. The van der Waals surface area contributed by atoms with Crippen molar-refractivity contribution in [3.8, 4) is 0 Å². The topological polar surface area (TPSA) is 54.0 Å². The molecule has 1 rings (SSSR count). The number of carbonyl (C=O) groups excluding carboxylic acids is 1. The summed E-state index contributed by atoms with van der Waals surface area (Å²) in [7, 11) is 1.42. The molecule has 0 saturated heterocycles. The molecule has 4 nitrogen and oxygen atoms in total. The normalized spacial score (nSPS) is 12.2. The first-order valence-corrected chi connectivity index (χ1v) is 6.05. The zero-order valence-electron chi connectivity index (χ0n) is 10.6. The van der Waals surface area contributed by atoms with Crippen molar-refractivity contribution in [1.29, 1.82) is 0 Å². The van der Waals surface area contributed by atoms with Gasteiger partial charge in [-0.2, -0.15) is 13.2 Å². The van der Waals surface area contributed by atoms with E-state index >= 15 is 0 Å². The van der Waals surface area contributed by atoms with Crippen molar-refractivity contribution in [2.45, 2.75) is 12.6 Å². The van der Waals surface area contributed by atoms with E-state index in [1.54, 1.807) is 18.3 Å². The quantitative estimate of drug-likeness (QED) is 0.624. The summed E-state index contributed by atoms with van der Waals surface area (Å²) in [5.41, 5.74) is 0.875. The molecule has 0 spiro atoms. The van der Waals surface area contributed by atoms with Gasteiger partial charge in [0.1, 0.15) is 11.0 Å². The van der Waals surface area contributed by atoms with E-state index in [2.05, 4.69) is 15.6 Å². The first-order valence-electron chi connectivity index (χ1n) is 5.68. The highest BCUT2D eigenvalue weighted by atomic mass is 35.5. The highest BCUT2D eigenvalue weighted by molar-refractivity contribution is 6.29. The van der Waals surface area contributed by atoms with Crippen molar-refractivity contribution in [1.82, 2.24) is 15.6 Å². The lowest BCUT2D eigenvalue weighted by atomic mass is 10.2. The number of allylic oxidation sites excluding steroid dienone is 1. The Bertz CT molecular complexity index is 486. The number of nitrogens with zero attached hydrogens (tertiary/aromatic N) is 1. The largest absolute Gasteiger partial charge is 0.454 e. The molecule has 0 radical (unpaired) electrons. The number of alkyl halides is 3. The fourth-order valence-electron chi connectivity index (χ4n) is 1.32. The van der Waals surface area contributed by atoms with Gasteiger partial charge in [-0.15, -0.1) is 0 Å². The Balaban J connectivity index is 2.51. The molecule has 0 aliphatic heterocycles. The van der Waals surface area contributed by atoms with Crippen LogP contribution in [0.25, 0.3) is 0 Å². The monoisotopic (exact) mass is 307 g/mol. The van der Waals surface area contributed by atoms with E-state index in [1.165, 1.54) is 7.05 Å². The third-order valence-electron chi connectivity index (χ3n) is 2.34. The predicted octanol–water partition coefficient (Wildman–Crippen LogP) is 2.06. The molecule has 0 fully saturated rings. The SMILES string of the molecule is CN/C(=C\C(=O)C(F)(F)F)NCCc1ccc(Cl)nc1. The molecule has 0 unspecified atom stereocenters. The van der Waals surface area contributed by atoms with E-state index in [4.69, 9.17) is 11.6 Å². The zero-order valence-corrected chi connectivity index (χ0v) is 11.3. The van der Waals surface area contributed by atoms with E-state index in [1.807, 2.05) is 0 Å². The molecule has 0 aliphatic rings. The van der Waals surface area contributed by atoms with Gasteiger partial charge < -0.3 is 10.6 Å². The molecular formula is C12H13ClF3N3O.